The highest BCUT2D eigenvalue weighted by Crippen LogP contribution is 2.19. The Morgan fingerprint density at radius 3 is 2.84 bits per heavy atom. The third kappa shape index (κ3) is 3.15. The molecule has 104 valence electrons. The van der Waals surface area contributed by atoms with Gasteiger partial charge in [0.1, 0.15) is 0 Å². The molecule has 5 nitrogen and oxygen atoms in total. The van der Waals surface area contributed by atoms with Crippen LogP contribution in [0.15, 0.2) is 12.4 Å². The summed E-state index contributed by atoms with van der Waals surface area (Å²) in [6.07, 6.45) is 9.45. The number of nitrogens with zero attached hydrogens (tertiary/aromatic N) is 2. The zero-order chi connectivity index (χ0) is 13.1. The minimum absolute atomic E-state index is 0.0289. The predicted octanol–water partition coefficient (Wildman–Crippen LogP) is 1.16. The van der Waals surface area contributed by atoms with Crippen LogP contribution in [0.25, 0.3) is 0 Å². The molecule has 2 fully saturated rings. The van der Waals surface area contributed by atoms with Gasteiger partial charge in [-0.1, -0.05) is 0 Å². The predicted molar refractivity (Wildman–Crippen MR) is 72.9 cm³/mol. The highest BCUT2D eigenvalue weighted by molar-refractivity contribution is 5.93. The number of rotatable bonds is 4. The fourth-order valence-electron chi connectivity index (χ4n) is 2.73. The van der Waals surface area contributed by atoms with Crippen LogP contribution >= 0.6 is 0 Å². The first kappa shape index (κ1) is 12.7. The lowest BCUT2D eigenvalue weighted by Gasteiger charge is -2.26. The molecule has 2 heterocycles. The van der Waals surface area contributed by atoms with Crippen LogP contribution in [0, 0.1) is 5.92 Å². The molecule has 0 radical (unpaired) electrons. The van der Waals surface area contributed by atoms with Crippen molar-refractivity contribution in [3.63, 3.8) is 0 Å². The minimum atomic E-state index is 0.0289. The van der Waals surface area contributed by atoms with Gasteiger partial charge < -0.3 is 10.6 Å². The lowest BCUT2D eigenvalue weighted by molar-refractivity contribution is 0.0917. The van der Waals surface area contributed by atoms with Gasteiger partial charge in [0.2, 0.25) is 0 Å². The first-order valence-corrected chi connectivity index (χ1v) is 7.35. The molecule has 0 atom stereocenters. The highest BCUT2D eigenvalue weighted by atomic mass is 16.1. The van der Waals surface area contributed by atoms with Gasteiger partial charge in [-0.15, -0.1) is 0 Å². The van der Waals surface area contributed by atoms with E-state index in [-0.39, 0.29) is 5.91 Å². The van der Waals surface area contributed by atoms with Gasteiger partial charge >= 0.3 is 0 Å². The van der Waals surface area contributed by atoms with E-state index < -0.39 is 0 Å². The van der Waals surface area contributed by atoms with Crippen molar-refractivity contribution in [3.8, 4) is 0 Å². The van der Waals surface area contributed by atoms with E-state index >= 15 is 0 Å². The smallest absolute Gasteiger partial charge is 0.254 e. The normalized spacial score (nSPS) is 21.1. The maximum Gasteiger partial charge on any atom is 0.254 e. The summed E-state index contributed by atoms with van der Waals surface area (Å²) in [5.74, 6) is 0.713. The molecule has 0 unspecified atom stereocenters. The molecule has 1 saturated heterocycles. The molecule has 1 aromatic heterocycles. The van der Waals surface area contributed by atoms with E-state index in [2.05, 4.69) is 15.7 Å². The Labute approximate surface area is 113 Å². The summed E-state index contributed by atoms with van der Waals surface area (Å²) in [4.78, 5) is 12.0. The van der Waals surface area contributed by atoms with Crippen LogP contribution in [-0.2, 0) is 6.54 Å². The van der Waals surface area contributed by atoms with E-state index in [1.165, 1.54) is 19.3 Å². The Balaban J connectivity index is 1.54. The molecule has 5 heteroatoms. The van der Waals surface area contributed by atoms with Gasteiger partial charge in [-0.3, -0.25) is 9.48 Å². The summed E-state index contributed by atoms with van der Waals surface area (Å²) < 4.78 is 1.92. The van der Waals surface area contributed by atoms with Gasteiger partial charge in [0.05, 0.1) is 11.8 Å². The average Bonchev–Trinajstić information content (AvgIpc) is 2.83. The largest absolute Gasteiger partial charge is 0.349 e. The first-order valence-electron chi connectivity index (χ1n) is 7.35. The lowest BCUT2D eigenvalue weighted by Crippen LogP contribution is -2.39. The van der Waals surface area contributed by atoms with Crippen molar-refractivity contribution in [2.45, 2.75) is 44.7 Å². The first-order chi connectivity index (χ1) is 9.31. The van der Waals surface area contributed by atoms with Crippen molar-refractivity contribution >= 4 is 5.91 Å². The fraction of sp³-hybridized carbons (Fsp3) is 0.714. The summed E-state index contributed by atoms with van der Waals surface area (Å²) in [5, 5.41) is 10.7. The Bertz CT molecular complexity index is 432. The second-order valence-corrected chi connectivity index (χ2v) is 5.75. The number of carbonyl (C=O) groups excluding carboxylic acids is 1. The second-order valence-electron chi connectivity index (χ2n) is 5.75. The topological polar surface area (TPSA) is 59.0 Å². The van der Waals surface area contributed by atoms with Crippen LogP contribution in [0.3, 0.4) is 0 Å². The van der Waals surface area contributed by atoms with E-state index in [0.29, 0.717) is 17.5 Å². The van der Waals surface area contributed by atoms with Gasteiger partial charge in [-0.2, -0.15) is 5.10 Å². The number of hydrogen-bond donors (Lipinski definition) is 2. The molecule has 2 N–H and O–H groups in total. The Morgan fingerprint density at radius 2 is 2.16 bits per heavy atom. The fourth-order valence-corrected chi connectivity index (χ4v) is 2.73. The molecule has 1 saturated carbocycles. The summed E-state index contributed by atoms with van der Waals surface area (Å²) in [6.45, 7) is 3.13. The van der Waals surface area contributed by atoms with E-state index in [4.69, 9.17) is 0 Å². The molecule has 0 bridgehead atoms. The molecule has 19 heavy (non-hydrogen) atoms. The minimum Gasteiger partial charge on any atom is -0.349 e. The maximum atomic E-state index is 12.0. The summed E-state index contributed by atoms with van der Waals surface area (Å²) in [7, 11) is 0. The zero-order valence-corrected chi connectivity index (χ0v) is 11.3. The standard InChI is InChI=1S/C14H22N4O/c19-14(17-13-2-1-3-13)12-8-16-18(10-12)9-11-4-6-15-7-5-11/h8,10-11,13,15H,1-7,9H2,(H,17,19). The molecule has 1 aromatic rings. The van der Waals surface area contributed by atoms with Gasteiger partial charge in [0.15, 0.2) is 0 Å². The molecule has 1 aliphatic carbocycles. The molecule has 1 amide bonds. The molecule has 1 aliphatic heterocycles. The number of piperidine rings is 1. The SMILES string of the molecule is O=C(NC1CCC1)c1cnn(CC2CCNCC2)c1. The molecule has 0 aromatic carbocycles. The zero-order valence-electron chi connectivity index (χ0n) is 11.3. The van der Waals surface area contributed by atoms with Crippen LogP contribution in [-0.4, -0.2) is 34.8 Å². The third-order valence-corrected chi connectivity index (χ3v) is 4.24. The molecule has 3 rings (SSSR count). The van der Waals surface area contributed by atoms with Crippen molar-refractivity contribution in [1.82, 2.24) is 20.4 Å². The molecule has 0 spiro atoms. The molecule has 2 aliphatic rings. The van der Waals surface area contributed by atoms with Gasteiger partial charge in [0, 0.05) is 18.8 Å². The van der Waals surface area contributed by atoms with Crippen LogP contribution in [0.5, 0.6) is 0 Å². The van der Waals surface area contributed by atoms with Crippen molar-refractivity contribution in [2.24, 2.45) is 5.92 Å². The van der Waals surface area contributed by atoms with E-state index in [1.807, 2.05) is 10.9 Å². The number of carbonyl (C=O) groups is 1. The number of hydrogen-bond acceptors (Lipinski definition) is 3. The van der Waals surface area contributed by atoms with Crippen molar-refractivity contribution in [2.75, 3.05) is 13.1 Å². The van der Waals surface area contributed by atoms with Gasteiger partial charge in [0.25, 0.3) is 5.91 Å². The number of nitrogens with one attached hydrogen (secondary N) is 2. The van der Waals surface area contributed by atoms with E-state index in [1.54, 1.807) is 6.20 Å². The second kappa shape index (κ2) is 5.74. The Hall–Kier alpha value is -1.36. The Morgan fingerprint density at radius 1 is 1.37 bits per heavy atom. The van der Waals surface area contributed by atoms with E-state index in [9.17, 15) is 4.79 Å². The van der Waals surface area contributed by atoms with Crippen molar-refractivity contribution < 1.29 is 4.79 Å². The van der Waals surface area contributed by atoms with Crippen LogP contribution in [0.4, 0.5) is 0 Å². The van der Waals surface area contributed by atoms with Gasteiger partial charge in [-0.25, -0.2) is 0 Å². The third-order valence-electron chi connectivity index (χ3n) is 4.24. The molecular weight excluding hydrogens is 240 g/mol. The highest BCUT2D eigenvalue weighted by Gasteiger charge is 2.21. The maximum absolute atomic E-state index is 12.0. The summed E-state index contributed by atoms with van der Waals surface area (Å²) >= 11 is 0. The van der Waals surface area contributed by atoms with Crippen LogP contribution < -0.4 is 10.6 Å². The quantitative estimate of drug-likeness (QED) is 0.856. The van der Waals surface area contributed by atoms with Crippen molar-refractivity contribution in [3.05, 3.63) is 18.0 Å². The number of amides is 1. The Kier molecular flexibility index (Phi) is 3.82. The van der Waals surface area contributed by atoms with E-state index in [0.717, 1.165) is 32.5 Å². The van der Waals surface area contributed by atoms with Crippen LogP contribution in [0.1, 0.15) is 42.5 Å². The van der Waals surface area contributed by atoms with Crippen LogP contribution in [0.2, 0.25) is 0 Å². The average molecular weight is 262 g/mol. The lowest BCUT2D eigenvalue weighted by atomic mass is 9.93. The van der Waals surface area contributed by atoms with Crippen molar-refractivity contribution in [1.29, 1.82) is 0 Å². The number of aromatic nitrogens is 2. The monoisotopic (exact) mass is 262 g/mol. The molecular formula is C14H22N4O. The summed E-state index contributed by atoms with van der Waals surface area (Å²) in [5.41, 5.74) is 0.695. The van der Waals surface area contributed by atoms with Gasteiger partial charge in [-0.05, 0) is 51.1 Å². The summed E-state index contributed by atoms with van der Waals surface area (Å²) in [6, 6.07) is 0.389.